The van der Waals surface area contributed by atoms with Crippen LogP contribution in [-0.4, -0.2) is 33.7 Å². The van der Waals surface area contributed by atoms with Crippen LogP contribution in [0.2, 0.25) is 0 Å². The van der Waals surface area contributed by atoms with Gasteiger partial charge in [-0.05, 0) is 36.6 Å². The number of nitrogens with zero attached hydrogens (tertiary/aromatic N) is 1. The number of piperidine rings is 1. The molecule has 0 unspecified atom stereocenters. The molecule has 1 aromatic heterocycles. The number of carbonyl (C=O) groups is 1. The first kappa shape index (κ1) is 17.3. The molecule has 1 amide bonds. The first-order chi connectivity index (χ1) is 13.7. The van der Waals surface area contributed by atoms with Crippen molar-refractivity contribution in [2.24, 2.45) is 0 Å². The Labute approximate surface area is 168 Å². The van der Waals surface area contributed by atoms with Gasteiger partial charge in [-0.15, -0.1) is 0 Å². The van der Waals surface area contributed by atoms with E-state index in [4.69, 9.17) is 21.7 Å². The summed E-state index contributed by atoms with van der Waals surface area (Å²) in [6, 6.07) is 17.5. The zero-order valence-corrected chi connectivity index (χ0v) is 16.1. The van der Waals surface area contributed by atoms with Crippen LogP contribution in [0.3, 0.4) is 0 Å². The maximum atomic E-state index is 12.6. The molecule has 2 atom stereocenters. The maximum absolute atomic E-state index is 12.6. The monoisotopic (exact) mass is 392 g/mol. The molecule has 2 aliphatic rings. The molecule has 6 heteroatoms. The van der Waals surface area contributed by atoms with Crippen molar-refractivity contribution in [1.29, 1.82) is 0 Å². The van der Waals surface area contributed by atoms with Crippen molar-refractivity contribution in [3.05, 3.63) is 65.9 Å². The van der Waals surface area contributed by atoms with Crippen LogP contribution in [0.1, 0.15) is 30.1 Å². The molecule has 0 spiro atoms. The summed E-state index contributed by atoms with van der Waals surface area (Å²) in [5, 5.41) is 1.31. The van der Waals surface area contributed by atoms with E-state index in [1.165, 1.54) is 10.9 Å². The fourth-order valence-corrected chi connectivity index (χ4v) is 4.58. The largest absolute Gasteiger partial charge is 0.451 e. The van der Waals surface area contributed by atoms with E-state index in [0.717, 1.165) is 17.6 Å². The molecule has 0 saturated carbocycles. The van der Waals surface area contributed by atoms with Crippen LogP contribution in [-0.2, 0) is 16.0 Å². The average Bonchev–Trinajstić information content (AvgIpc) is 3.09. The zero-order chi connectivity index (χ0) is 19.1. The molecule has 0 bridgehead atoms. The van der Waals surface area contributed by atoms with Crippen LogP contribution < -0.4 is 4.74 Å². The molecule has 3 aromatic rings. The SMILES string of the molecule is O=C1CC[C@H](OC(=S)Oc2ccccc2)[C@H]2c3[nH]c4ccccc4c3CCN12. The minimum atomic E-state index is -0.235. The quantitative estimate of drug-likeness (QED) is 0.666. The number of fused-ring (bicyclic) bond motifs is 5. The van der Waals surface area contributed by atoms with Gasteiger partial charge in [-0.1, -0.05) is 36.4 Å². The number of aromatic nitrogens is 1. The third-order valence-corrected chi connectivity index (χ3v) is 5.77. The van der Waals surface area contributed by atoms with Crippen molar-refractivity contribution in [2.45, 2.75) is 31.4 Å². The van der Waals surface area contributed by atoms with Crippen molar-refractivity contribution in [3.8, 4) is 5.75 Å². The predicted molar refractivity (Wildman–Crippen MR) is 110 cm³/mol. The Bertz CT molecular complexity index is 1050. The zero-order valence-electron chi connectivity index (χ0n) is 15.3. The molecule has 28 heavy (non-hydrogen) atoms. The van der Waals surface area contributed by atoms with E-state index in [9.17, 15) is 4.79 Å². The number of aromatic amines is 1. The minimum absolute atomic E-state index is 0.0914. The van der Waals surface area contributed by atoms with Crippen molar-refractivity contribution in [2.75, 3.05) is 6.54 Å². The summed E-state index contributed by atoms with van der Waals surface area (Å²) < 4.78 is 11.7. The Morgan fingerprint density at radius 1 is 1.07 bits per heavy atom. The molecule has 2 aliphatic heterocycles. The van der Waals surface area contributed by atoms with Crippen LogP contribution in [0.25, 0.3) is 10.9 Å². The molecule has 0 radical (unpaired) electrons. The lowest BCUT2D eigenvalue weighted by Crippen LogP contribution is -2.50. The molecule has 5 nitrogen and oxygen atoms in total. The Morgan fingerprint density at radius 2 is 1.86 bits per heavy atom. The molecule has 142 valence electrons. The lowest BCUT2D eigenvalue weighted by atomic mass is 9.88. The lowest BCUT2D eigenvalue weighted by molar-refractivity contribution is -0.142. The number of H-pyrrole nitrogens is 1. The number of thiocarbonyl (C=S) groups is 1. The molecule has 5 rings (SSSR count). The average molecular weight is 392 g/mol. The Kier molecular flexibility index (Phi) is 4.28. The van der Waals surface area contributed by atoms with E-state index in [1.807, 2.05) is 47.4 Å². The Hall–Kier alpha value is -2.86. The molecular formula is C22H20N2O3S. The van der Waals surface area contributed by atoms with E-state index in [0.29, 0.717) is 25.1 Å². The molecule has 1 fully saturated rings. The number of benzene rings is 2. The van der Waals surface area contributed by atoms with Crippen molar-refractivity contribution >= 4 is 34.3 Å². The van der Waals surface area contributed by atoms with E-state index < -0.39 is 0 Å². The fourth-order valence-electron chi connectivity index (χ4n) is 4.36. The van der Waals surface area contributed by atoms with Crippen LogP contribution in [0.5, 0.6) is 5.75 Å². The number of hydrogen-bond acceptors (Lipinski definition) is 4. The van der Waals surface area contributed by atoms with Crippen molar-refractivity contribution < 1.29 is 14.3 Å². The number of amides is 1. The number of ether oxygens (including phenoxy) is 2. The van der Waals surface area contributed by atoms with Crippen LogP contribution in [0.4, 0.5) is 0 Å². The lowest BCUT2D eigenvalue weighted by Gasteiger charge is -2.43. The highest BCUT2D eigenvalue weighted by atomic mass is 32.1. The number of hydrogen-bond donors (Lipinski definition) is 1. The number of para-hydroxylation sites is 2. The molecule has 3 heterocycles. The summed E-state index contributed by atoms with van der Waals surface area (Å²) in [6.07, 6.45) is 1.69. The van der Waals surface area contributed by atoms with Gasteiger partial charge in [0.25, 0.3) is 0 Å². The summed E-state index contributed by atoms with van der Waals surface area (Å²) >= 11 is 5.34. The van der Waals surface area contributed by atoms with Gasteiger partial charge in [-0.2, -0.15) is 0 Å². The van der Waals surface area contributed by atoms with Crippen molar-refractivity contribution in [3.63, 3.8) is 0 Å². The number of rotatable bonds is 2. The van der Waals surface area contributed by atoms with Gasteiger partial charge in [0.2, 0.25) is 5.91 Å². The molecule has 2 aromatic carbocycles. The van der Waals surface area contributed by atoms with Gasteiger partial charge in [0.1, 0.15) is 17.9 Å². The normalized spacial score (nSPS) is 21.1. The standard InChI is InChI=1S/C22H20N2O3S/c25-19-11-10-18(27-22(28)26-14-6-2-1-3-7-14)21-20-16(12-13-24(19)21)15-8-4-5-9-17(15)23-20/h1-9,18,21,23H,10-13H2/t18-,21-/m0/s1. The van der Waals surface area contributed by atoms with Gasteiger partial charge in [-0.3, -0.25) is 4.79 Å². The smallest absolute Gasteiger partial charge is 0.358 e. The second-order valence-electron chi connectivity index (χ2n) is 7.20. The molecule has 1 saturated heterocycles. The van der Waals surface area contributed by atoms with Gasteiger partial charge < -0.3 is 19.4 Å². The van der Waals surface area contributed by atoms with E-state index in [-0.39, 0.29) is 23.3 Å². The second-order valence-corrected chi connectivity index (χ2v) is 7.54. The van der Waals surface area contributed by atoms with E-state index >= 15 is 0 Å². The topological polar surface area (TPSA) is 54.6 Å². The second kappa shape index (κ2) is 6.95. The first-order valence-electron chi connectivity index (χ1n) is 9.53. The minimum Gasteiger partial charge on any atom is -0.451 e. The molecule has 1 N–H and O–H groups in total. The summed E-state index contributed by atoms with van der Waals surface area (Å²) in [4.78, 5) is 18.0. The maximum Gasteiger partial charge on any atom is 0.358 e. The van der Waals surface area contributed by atoms with Gasteiger partial charge in [-0.25, -0.2) is 0 Å². The van der Waals surface area contributed by atoms with Gasteiger partial charge in [0, 0.05) is 41.8 Å². The van der Waals surface area contributed by atoms with Gasteiger partial charge in [0.15, 0.2) is 0 Å². The van der Waals surface area contributed by atoms with Crippen LogP contribution in [0, 0.1) is 0 Å². The van der Waals surface area contributed by atoms with Crippen LogP contribution >= 0.6 is 12.2 Å². The third kappa shape index (κ3) is 2.94. The van der Waals surface area contributed by atoms with E-state index in [2.05, 4.69) is 17.1 Å². The third-order valence-electron chi connectivity index (χ3n) is 5.59. The highest BCUT2D eigenvalue weighted by Crippen LogP contribution is 2.41. The fraction of sp³-hybridized carbons (Fsp3) is 0.273. The summed E-state index contributed by atoms with van der Waals surface area (Å²) in [5.41, 5.74) is 3.43. The summed E-state index contributed by atoms with van der Waals surface area (Å²) in [7, 11) is 0. The van der Waals surface area contributed by atoms with Gasteiger partial charge >= 0.3 is 5.24 Å². The number of carbonyl (C=O) groups excluding carboxylic acids is 1. The molecular weight excluding hydrogens is 372 g/mol. The highest BCUT2D eigenvalue weighted by molar-refractivity contribution is 7.79. The first-order valence-corrected chi connectivity index (χ1v) is 9.94. The van der Waals surface area contributed by atoms with Crippen molar-refractivity contribution in [1.82, 2.24) is 9.88 Å². The predicted octanol–water partition coefficient (Wildman–Crippen LogP) is 4.14. The molecule has 0 aliphatic carbocycles. The van der Waals surface area contributed by atoms with E-state index in [1.54, 1.807) is 0 Å². The van der Waals surface area contributed by atoms with Crippen LogP contribution in [0.15, 0.2) is 54.6 Å². The summed E-state index contributed by atoms with van der Waals surface area (Å²) in [6.45, 7) is 0.699. The summed E-state index contributed by atoms with van der Waals surface area (Å²) in [5.74, 6) is 0.815. The number of nitrogens with one attached hydrogen (secondary N) is 1. The Morgan fingerprint density at radius 3 is 2.71 bits per heavy atom. The highest BCUT2D eigenvalue weighted by Gasteiger charge is 2.43. The Balaban J connectivity index is 1.45. The van der Waals surface area contributed by atoms with Gasteiger partial charge in [0.05, 0.1) is 0 Å².